The van der Waals surface area contributed by atoms with Gasteiger partial charge >= 0.3 is 0 Å². The summed E-state index contributed by atoms with van der Waals surface area (Å²) in [6.07, 6.45) is 1.89. The molecule has 0 spiro atoms. The first-order valence-corrected chi connectivity index (χ1v) is 8.95. The summed E-state index contributed by atoms with van der Waals surface area (Å²) < 4.78 is 0. The Bertz CT molecular complexity index is 308. The number of rotatable bonds is 5. The Kier molecular flexibility index (Phi) is 4.30. The Balaban J connectivity index is 2.60. The lowest BCUT2D eigenvalue weighted by Crippen LogP contribution is -2.37. The second-order valence-corrected chi connectivity index (χ2v) is 9.94. The van der Waals surface area contributed by atoms with Crippen LogP contribution < -0.4 is 10.5 Å². The zero-order chi connectivity index (χ0) is 11.3. The molecule has 1 rings (SSSR count). The van der Waals surface area contributed by atoms with E-state index in [-0.39, 0.29) is 0 Å². The Morgan fingerprint density at radius 2 is 1.80 bits per heavy atom. The van der Waals surface area contributed by atoms with Gasteiger partial charge in [-0.15, -0.1) is 6.58 Å². The molecular formula is C13H21NSi. The molecule has 0 aromatic heterocycles. The predicted octanol–water partition coefficient (Wildman–Crippen LogP) is 2.51. The quantitative estimate of drug-likeness (QED) is 0.456. The summed E-state index contributed by atoms with van der Waals surface area (Å²) in [5.41, 5.74) is 1.35. The fraction of sp³-hybridized carbons (Fsp3) is 0.385. The Morgan fingerprint density at radius 3 is 2.27 bits per heavy atom. The minimum Gasteiger partial charge on any atom is -0.309 e. The third kappa shape index (κ3) is 4.02. The minimum atomic E-state index is -1.13. The van der Waals surface area contributed by atoms with E-state index in [1.165, 1.54) is 10.8 Å². The minimum absolute atomic E-state index is 0.871. The Morgan fingerprint density at radius 1 is 1.20 bits per heavy atom. The molecule has 0 saturated carbocycles. The van der Waals surface area contributed by atoms with E-state index in [0.717, 1.165) is 13.1 Å². The summed E-state index contributed by atoms with van der Waals surface area (Å²) in [6.45, 7) is 12.6. The van der Waals surface area contributed by atoms with Crippen LogP contribution in [0.5, 0.6) is 0 Å². The van der Waals surface area contributed by atoms with Gasteiger partial charge in [0.05, 0.1) is 8.07 Å². The van der Waals surface area contributed by atoms with Crippen LogP contribution in [0.15, 0.2) is 36.9 Å². The van der Waals surface area contributed by atoms with E-state index in [9.17, 15) is 0 Å². The summed E-state index contributed by atoms with van der Waals surface area (Å²) >= 11 is 0. The van der Waals surface area contributed by atoms with Crippen LogP contribution in [0.4, 0.5) is 0 Å². The van der Waals surface area contributed by atoms with Crippen LogP contribution in [0.25, 0.3) is 0 Å². The molecule has 0 fully saturated rings. The average Bonchev–Trinajstić information content (AvgIpc) is 2.18. The average molecular weight is 219 g/mol. The van der Waals surface area contributed by atoms with Gasteiger partial charge in [0.2, 0.25) is 0 Å². The van der Waals surface area contributed by atoms with Crippen molar-refractivity contribution in [1.82, 2.24) is 5.32 Å². The lowest BCUT2D eigenvalue weighted by atomic mass is 10.2. The second kappa shape index (κ2) is 5.28. The summed E-state index contributed by atoms with van der Waals surface area (Å²) in [4.78, 5) is 0. The van der Waals surface area contributed by atoms with E-state index in [4.69, 9.17) is 0 Å². The Hall–Kier alpha value is -0.863. The summed E-state index contributed by atoms with van der Waals surface area (Å²) in [5, 5.41) is 4.83. The van der Waals surface area contributed by atoms with Crippen molar-refractivity contribution in [3.8, 4) is 0 Å². The van der Waals surface area contributed by atoms with Gasteiger partial charge in [0.1, 0.15) is 0 Å². The summed E-state index contributed by atoms with van der Waals surface area (Å²) in [5.74, 6) is 0. The van der Waals surface area contributed by atoms with Gasteiger partial charge in [-0.3, -0.25) is 0 Å². The van der Waals surface area contributed by atoms with Crippen molar-refractivity contribution in [2.45, 2.75) is 26.2 Å². The molecule has 0 heterocycles. The van der Waals surface area contributed by atoms with E-state index >= 15 is 0 Å². The monoisotopic (exact) mass is 219 g/mol. The molecule has 1 nitrogen and oxygen atoms in total. The van der Waals surface area contributed by atoms with Crippen molar-refractivity contribution >= 4 is 13.3 Å². The summed E-state index contributed by atoms with van der Waals surface area (Å²) in [6, 6.07) is 9.00. The lowest BCUT2D eigenvalue weighted by Gasteiger charge is -2.16. The molecule has 1 aromatic carbocycles. The van der Waals surface area contributed by atoms with Crippen LogP contribution in [0.1, 0.15) is 5.56 Å². The standard InChI is InChI=1S/C13H21NSi/c1-5-10-14-11-12-6-8-13(9-7-12)15(2,3)4/h5-9,14H,1,10-11H2,2-4H3. The maximum atomic E-state index is 3.68. The first-order chi connectivity index (χ1) is 7.04. The number of hydrogen-bond acceptors (Lipinski definition) is 1. The third-order valence-electron chi connectivity index (χ3n) is 2.44. The van der Waals surface area contributed by atoms with E-state index < -0.39 is 8.07 Å². The molecule has 2 heteroatoms. The van der Waals surface area contributed by atoms with E-state index in [1.54, 1.807) is 0 Å². The Labute approximate surface area is 94.2 Å². The van der Waals surface area contributed by atoms with Crippen molar-refractivity contribution in [3.05, 3.63) is 42.5 Å². The van der Waals surface area contributed by atoms with Gasteiger partial charge < -0.3 is 5.32 Å². The van der Waals surface area contributed by atoms with Crippen molar-refractivity contribution in [2.75, 3.05) is 6.54 Å². The largest absolute Gasteiger partial charge is 0.309 e. The van der Waals surface area contributed by atoms with Gasteiger partial charge in [-0.2, -0.15) is 0 Å². The number of hydrogen-bond donors (Lipinski definition) is 1. The molecule has 0 atom stereocenters. The first kappa shape index (κ1) is 12.2. The predicted molar refractivity (Wildman–Crippen MR) is 71.3 cm³/mol. The normalized spacial score (nSPS) is 11.4. The molecule has 1 N–H and O–H groups in total. The fourth-order valence-electron chi connectivity index (χ4n) is 1.44. The topological polar surface area (TPSA) is 12.0 Å². The molecule has 0 amide bonds. The molecular weight excluding hydrogens is 198 g/mol. The molecule has 0 unspecified atom stereocenters. The molecule has 0 saturated heterocycles. The van der Waals surface area contributed by atoms with Gasteiger partial charge in [0, 0.05) is 13.1 Å². The fourth-order valence-corrected chi connectivity index (χ4v) is 2.61. The van der Waals surface area contributed by atoms with Crippen molar-refractivity contribution < 1.29 is 0 Å². The van der Waals surface area contributed by atoms with E-state index in [1.807, 2.05) is 6.08 Å². The third-order valence-corrected chi connectivity index (χ3v) is 4.50. The van der Waals surface area contributed by atoms with Crippen LogP contribution in [0.3, 0.4) is 0 Å². The highest BCUT2D eigenvalue weighted by Crippen LogP contribution is 2.04. The van der Waals surface area contributed by atoms with Crippen molar-refractivity contribution in [3.63, 3.8) is 0 Å². The molecule has 82 valence electrons. The smallest absolute Gasteiger partial charge is 0.0775 e. The molecule has 0 aliphatic carbocycles. The molecule has 15 heavy (non-hydrogen) atoms. The molecule has 0 aliphatic rings. The van der Waals surface area contributed by atoms with Crippen LogP contribution in [-0.4, -0.2) is 14.6 Å². The highest BCUT2D eigenvalue weighted by Gasteiger charge is 2.15. The molecule has 0 aliphatic heterocycles. The zero-order valence-corrected chi connectivity index (χ0v) is 11.0. The molecule has 0 bridgehead atoms. The molecule has 1 aromatic rings. The van der Waals surface area contributed by atoms with Gasteiger partial charge in [0.15, 0.2) is 0 Å². The van der Waals surface area contributed by atoms with Crippen LogP contribution in [-0.2, 0) is 6.54 Å². The maximum Gasteiger partial charge on any atom is 0.0775 e. The van der Waals surface area contributed by atoms with E-state index in [2.05, 4.69) is 55.8 Å². The van der Waals surface area contributed by atoms with Gasteiger partial charge in [0.25, 0.3) is 0 Å². The van der Waals surface area contributed by atoms with Crippen LogP contribution in [0, 0.1) is 0 Å². The van der Waals surface area contributed by atoms with Crippen LogP contribution >= 0.6 is 0 Å². The van der Waals surface area contributed by atoms with Gasteiger partial charge in [-0.1, -0.05) is 55.2 Å². The number of benzene rings is 1. The van der Waals surface area contributed by atoms with Crippen molar-refractivity contribution in [1.29, 1.82) is 0 Å². The van der Waals surface area contributed by atoms with E-state index in [0.29, 0.717) is 0 Å². The van der Waals surface area contributed by atoms with Crippen LogP contribution in [0.2, 0.25) is 19.6 Å². The zero-order valence-electron chi connectivity index (χ0n) is 10.0. The SMILES string of the molecule is C=CCNCc1ccc([Si](C)(C)C)cc1. The highest BCUT2D eigenvalue weighted by molar-refractivity contribution is 6.88. The lowest BCUT2D eigenvalue weighted by molar-refractivity contribution is 0.761. The second-order valence-electron chi connectivity index (χ2n) is 4.87. The van der Waals surface area contributed by atoms with Crippen molar-refractivity contribution in [2.24, 2.45) is 0 Å². The molecule has 0 radical (unpaired) electrons. The van der Waals surface area contributed by atoms with Gasteiger partial charge in [-0.05, 0) is 5.56 Å². The first-order valence-electron chi connectivity index (χ1n) is 5.45. The highest BCUT2D eigenvalue weighted by atomic mass is 28.3. The summed E-state index contributed by atoms with van der Waals surface area (Å²) in [7, 11) is -1.13. The van der Waals surface area contributed by atoms with Gasteiger partial charge in [-0.25, -0.2) is 0 Å². The maximum absolute atomic E-state index is 3.68. The number of nitrogens with one attached hydrogen (secondary N) is 1.